The van der Waals surface area contributed by atoms with Gasteiger partial charge < -0.3 is 15.7 Å². The highest BCUT2D eigenvalue weighted by molar-refractivity contribution is 6.30. The minimum atomic E-state index is -1.17. The molecular formula is C13H13ClN2O3. The summed E-state index contributed by atoms with van der Waals surface area (Å²) < 4.78 is 0. The molecule has 1 aromatic carbocycles. The van der Waals surface area contributed by atoms with E-state index >= 15 is 0 Å². The average Bonchev–Trinajstić information content (AvgIpc) is 2.37. The van der Waals surface area contributed by atoms with E-state index in [0.29, 0.717) is 5.02 Å². The summed E-state index contributed by atoms with van der Waals surface area (Å²) in [6, 6.07) is 5.26. The molecular weight excluding hydrogens is 268 g/mol. The Labute approximate surface area is 116 Å². The first-order valence-corrected chi connectivity index (χ1v) is 5.86. The first-order chi connectivity index (χ1) is 9.02. The van der Waals surface area contributed by atoms with E-state index in [-0.39, 0.29) is 13.0 Å². The van der Waals surface area contributed by atoms with Crippen LogP contribution in [0, 0.1) is 12.3 Å². The number of hydrogen-bond donors (Lipinski definition) is 3. The van der Waals surface area contributed by atoms with Gasteiger partial charge in [-0.3, -0.25) is 0 Å². The SMILES string of the molecule is C#CCC(NC(=O)NCc1ccc(Cl)cc1)C(=O)O. The van der Waals surface area contributed by atoms with Gasteiger partial charge in [0.2, 0.25) is 0 Å². The number of benzene rings is 1. The number of hydrogen-bond acceptors (Lipinski definition) is 2. The van der Waals surface area contributed by atoms with Crippen molar-refractivity contribution in [2.75, 3.05) is 0 Å². The normalized spacial score (nSPS) is 11.2. The van der Waals surface area contributed by atoms with Crippen LogP contribution in [0.5, 0.6) is 0 Å². The molecule has 2 amide bonds. The van der Waals surface area contributed by atoms with E-state index < -0.39 is 18.0 Å². The van der Waals surface area contributed by atoms with Gasteiger partial charge in [0, 0.05) is 18.0 Å². The largest absolute Gasteiger partial charge is 0.480 e. The van der Waals surface area contributed by atoms with E-state index in [1.54, 1.807) is 24.3 Å². The lowest BCUT2D eigenvalue weighted by Crippen LogP contribution is -2.45. The Balaban J connectivity index is 2.45. The molecule has 3 N–H and O–H groups in total. The summed E-state index contributed by atoms with van der Waals surface area (Å²) in [5, 5.41) is 14.2. The van der Waals surface area contributed by atoms with E-state index in [0.717, 1.165) is 5.56 Å². The molecule has 0 aliphatic rings. The molecule has 1 aromatic rings. The fraction of sp³-hybridized carbons (Fsp3) is 0.231. The first kappa shape index (κ1) is 14.9. The zero-order valence-corrected chi connectivity index (χ0v) is 10.8. The molecule has 100 valence electrons. The van der Waals surface area contributed by atoms with Crippen molar-refractivity contribution in [1.82, 2.24) is 10.6 Å². The molecule has 1 rings (SSSR count). The lowest BCUT2D eigenvalue weighted by Gasteiger charge is -2.12. The number of terminal acetylenes is 1. The number of nitrogens with one attached hydrogen (secondary N) is 2. The topological polar surface area (TPSA) is 78.4 Å². The molecule has 0 fully saturated rings. The molecule has 1 atom stereocenters. The zero-order chi connectivity index (χ0) is 14.3. The highest BCUT2D eigenvalue weighted by Crippen LogP contribution is 2.08. The lowest BCUT2D eigenvalue weighted by atomic mass is 10.2. The van der Waals surface area contributed by atoms with E-state index in [1.165, 1.54) is 0 Å². The molecule has 0 heterocycles. The third-order valence-electron chi connectivity index (χ3n) is 2.29. The Morgan fingerprint density at radius 3 is 2.53 bits per heavy atom. The van der Waals surface area contributed by atoms with Crippen molar-refractivity contribution in [3.8, 4) is 12.3 Å². The van der Waals surface area contributed by atoms with Crippen molar-refractivity contribution >= 4 is 23.6 Å². The van der Waals surface area contributed by atoms with Crippen LogP contribution in [0.1, 0.15) is 12.0 Å². The maximum atomic E-state index is 11.5. The molecule has 0 spiro atoms. The van der Waals surface area contributed by atoms with Crippen LogP contribution in [-0.2, 0) is 11.3 Å². The summed E-state index contributed by atoms with van der Waals surface area (Å²) in [6.45, 7) is 0.269. The van der Waals surface area contributed by atoms with Crippen LogP contribution < -0.4 is 10.6 Å². The van der Waals surface area contributed by atoms with Crippen LogP contribution in [-0.4, -0.2) is 23.1 Å². The van der Waals surface area contributed by atoms with Crippen molar-refractivity contribution in [3.05, 3.63) is 34.9 Å². The fourth-order valence-corrected chi connectivity index (χ4v) is 1.44. The summed E-state index contributed by atoms with van der Waals surface area (Å²) in [4.78, 5) is 22.3. The second-order valence-corrected chi connectivity index (χ2v) is 4.19. The van der Waals surface area contributed by atoms with Crippen LogP contribution in [0.25, 0.3) is 0 Å². The number of rotatable bonds is 5. The van der Waals surface area contributed by atoms with Crippen LogP contribution in [0.3, 0.4) is 0 Å². The summed E-state index contributed by atoms with van der Waals surface area (Å²) in [7, 11) is 0. The van der Waals surface area contributed by atoms with Gasteiger partial charge in [0.1, 0.15) is 6.04 Å². The Hall–Kier alpha value is -2.19. The molecule has 5 nitrogen and oxygen atoms in total. The number of urea groups is 1. The second-order valence-electron chi connectivity index (χ2n) is 3.75. The maximum absolute atomic E-state index is 11.5. The van der Waals surface area contributed by atoms with Crippen LogP contribution in [0.15, 0.2) is 24.3 Å². The number of carboxylic acids is 1. The Kier molecular flexibility index (Phi) is 5.71. The predicted octanol–water partition coefficient (Wildman–Crippen LogP) is 1.62. The van der Waals surface area contributed by atoms with Gasteiger partial charge in [-0.25, -0.2) is 9.59 Å². The highest BCUT2D eigenvalue weighted by atomic mass is 35.5. The molecule has 0 aliphatic heterocycles. The molecule has 1 unspecified atom stereocenters. The maximum Gasteiger partial charge on any atom is 0.327 e. The fourth-order valence-electron chi connectivity index (χ4n) is 1.31. The number of amides is 2. The van der Waals surface area contributed by atoms with E-state index in [2.05, 4.69) is 16.6 Å². The Morgan fingerprint density at radius 1 is 1.37 bits per heavy atom. The lowest BCUT2D eigenvalue weighted by molar-refractivity contribution is -0.139. The number of halogens is 1. The highest BCUT2D eigenvalue weighted by Gasteiger charge is 2.18. The smallest absolute Gasteiger partial charge is 0.327 e. The van der Waals surface area contributed by atoms with Gasteiger partial charge in [0.05, 0.1) is 0 Å². The summed E-state index contributed by atoms with van der Waals surface area (Å²) in [5.41, 5.74) is 0.850. The minimum absolute atomic E-state index is 0.0658. The number of aliphatic carboxylic acids is 1. The van der Waals surface area contributed by atoms with Crippen LogP contribution >= 0.6 is 11.6 Å². The van der Waals surface area contributed by atoms with Gasteiger partial charge in [-0.15, -0.1) is 12.3 Å². The summed E-state index contributed by atoms with van der Waals surface area (Å²) >= 11 is 5.73. The molecule has 0 saturated carbocycles. The molecule has 0 aromatic heterocycles. The van der Waals surface area contributed by atoms with Crippen LogP contribution in [0.2, 0.25) is 5.02 Å². The van der Waals surface area contributed by atoms with Gasteiger partial charge in [0.15, 0.2) is 0 Å². The average molecular weight is 281 g/mol. The molecule has 0 radical (unpaired) electrons. The number of carboxylic acid groups (broad SMARTS) is 1. The Bertz CT molecular complexity index is 494. The van der Waals surface area contributed by atoms with Gasteiger partial charge in [-0.2, -0.15) is 0 Å². The summed E-state index contributed by atoms with van der Waals surface area (Å²) in [5.74, 6) is 1.03. The molecule has 6 heteroatoms. The van der Waals surface area contributed by atoms with Gasteiger partial charge in [-0.05, 0) is 17.7 Å². The van der Waals surface area contributed by atoms with E-state index in [1.807, 2.05) is 0 Å². The number of carbonyl (C=O) groups excluding carboxylic acids is 1. The summed E-state index contributed by atoms with van der Waals surface area (Å²) in [6.07, 6.45) is 4.96. The number of carbonyl (C=O) groups is 2. The molecule has 19 heavy (non-hydrogen) atoms. The van der Waals surface area contributed by atoms with Crippen molar-refractivity contribution in [3.63, 3.8) is 0 Å². The zero-order valence-electron chi connectivity index (χ0n) is 10.0. The third-order valence-corrected chi connectivity index (χ3v) is 2.54. The first-order valence-electron chi connectivity index (χ1n) is 5.48. The monoisotopic (exact) mass is 280 g/mol. The van der Waals surface area contributed by atoms with E-state index in [9.17, 15) is 9.59 Å². The van der Waals surface area contributed by atoms with Crippen LogP contribution in [0.4, 0.5) is 4.79 Å². The standard InChI is InChI=1S/C13H13ClN2O3/c1-2-3-11(12(17)18)16-13(19)15-8-9-4-6-10(14)7-5-9/h1,4-7,11H,3,8H2,(H,17,18)(H2,15,16,19). The van der Waals surface area contributed by atoms with Gasteiger partial charge in [0.25, 0.3) is 0 Å². The molecule has 0 aliphatic carbocycles. The quantitative estimate of drug-likeness (QED) is 0.717. The minimum Gasteiger partial charge on any atom is -0.480 e. The van der Waals surface area contributed by atoms with Gasteiger partial charge >= 0.3 is 12.0 Å². The predicted molar refractivity (Wildman–Crippen MR) is 71.7 cm³/mol. The Morgan fingerprint density at radius 2 is 2.00 bits per heavy atom. The van der Waals surface area contributed by atoms with Crippen molar-refractivity contribution in [1.29, 1.82) is 0 Å². The third kappa shape index (κ3) is 5.32. The molecule has 0 saturated heterocycles. The van der Waals surface area contributed by atoms with Crippen molar-refractivity contribution in [2.24, 2.45) is 0 Å². The van der Waals surface area contributed by atoms with Crippen molar-refractivity contribution in [2.45, 2.75) is 19.0 Å². The second kappa shape index (κ2) is 7.29. The van der Waals surface area contributed by atoms with E-state index in [4.69, 9.17) is 23.1 Å². The molecule has 0 bridgehead atoms. The van der Waals surface area contributed by atoms with Gasteiger partial charge in [-0.1, -0.05) is 23.7 Å². The van der Waals surface area contributed by atoms with Crippen molar-refractivity contribution < 1.29 is 14.7 Å².